The number of fused-ring (bicyclic) bond motifs is 1. The number of hydrogen-bond acceptors (Lipinski definition) is 7. The molecular formula is C28H38N2O5. The summed E-state index contributed by atoms with van der Waals surface area (Å²) in [5.74, 6) is 0.399. The fraction of sp³-hybridized carbons (Fsp3) is 0.536. The molecule has 0 fully saturated rings. The summed E-state index contributed by atoms with van der Waals surface area (Å²) in [5.41, 5.74) is 3.73. The van der Waals surface area contributed by atoms with Crippen molar-refractivity contribution >= 4 is 11.9 Å². The van der Waals surface area contributed by atoms with Gasteiger partial charge in [0.15, 0.2) is 0 Å². The minimum atomic E-state index is -0.371. The molecule has 1 aliphatic rings. The predicted octanol–water partition coefficient (Wildman–Crippen LogP) is 4.92. The number of para-hydroxylation sites is 1. The molecule has 1 unspecified atom stereocenters. The Labute approximate surface area is 208 Å². The Morgan fingerprint density at radius 3 is 2.60 bits per heavy atom. The molecule has 0 bridgehead atoms. The highest BCUT2D eigenvalue weighted by atomic mass is 16.5. The average molecular weight is 483 g/mol. The van der Waals surface area contributed by atoms with Crippen LogP contribution in [0, 0.1) is 0 Å². The lowest BCUT2D eigenvalue weighted by molar-refractivity contribution is -0.143. The number of pyridine rings is 1. The molecule has 0 spiro atoms. The third-order valence-electron chi connectivity index (χ3n) is 6.43. The van der Waals surface area contributed by atoms with Crippen LogP contribution in [-0.2, 0) is 27.1 Å². The van der Waals surface area contributed by atoms with Crippen LogP contribution < -0.4 is 4.74 Å². The Kier molecular flexibility index (Phi) is 10.5. The number of aromatic nitrogens is 1. The monoisotopic (exact) mass is 482 g/mol. The van der Waals surface area contributed by atoms with E-state index in [2.05, 4.69) is 16.0 Å². The average Bonchev–Trinajstić information content (AvgIpc) is 2.88. The molecule has 0 N–H and O–H groups in total. The molecule has 1 atom stereocenters. The van der Waals surface area contributed by atoms with Crippen LogP contribution in [0.2, 0.25) is 0 Å². The van der Waals surface area contributed by atoms with Crippen LogP contribution in [0.3, 0.4) is 0 Å². The van der Waals surface area contributed by atoms with E-state index < -0.39 is 0 Å². The van der Waals surface area contributed by atoms with Crippen molar-refractivity contribution in [2.75, 3.05) is 33.4 Å². The zero-order chi connectivity index (χ0) is 25.0. The minimum absolute atomic E-state index is 0.133. The second-order valence-corrected chi connectivity index (χ2v) is 8.72. The highest BCUT2D eigenvalue weighted by molar-refractivity contribution is 5.87. The molecule has 1 aromatic carbocycles. The fourth-order valence-electron chi connectivity index (χ4n) is 4.75. The van der Waals surface area contributed by atoms with Gasteiger partial charge < -0.3 is 14.2 Å². The van der Waals surface area contributed by atoms with E-state index in [1.165, 1.54) is 11.1 Å². The highest BCUT2D eigenvalue weighted by Gasteiger charge is 2.28. The topological polar surface area (TPSA) is 78.0 Å². The summed E-state index contributed by atoms with van der Waals surface area (Å²) in [6, 6.07) is 12.2. The van der Waals surface area contributed by atoms with Gasteiger partial charge in [-0.1, -0.05) is 24.3 Å². The summed E-state index contributed by atoms with van der Waals surface area (Å²) in [6.45, 7) is 6.13. The maximum absolute atomic E-state index is 12.2. The number of esters is 2. The maximum Gasteiger partial charge on any atom is 0.356 e. The number of unbranched alkanes of at least 4 members (excludes halogenated alkanes) is 1. The molecule has 1 aromatic heterocycles. The van der Waals surface area contributed by atoms with Crippen molar-refractivity contribution in [2.45, 2.75) is 64.8 Å². The van der Waals surface area contributed by atoms with E-state index in [1.807, 2.05) is 31.2 Å². The van der Waals surface area contributed by atoms with Gasteiger partial charge in [-0.2, -0.15) is 0 Å². The third kappa shape index (κ3) is 7.52. The van der Waals surface area contributed by atoms with E-state index in [-0.39, 0.29) is 18.0 Å². The molecule has 3 rings (SSSR count). The number of carbonyl (C=O) groups excluding carboxylic acids is 2. The van der Waals surface area contributed by atoms with Gasteiger partial charge in [-0.15, -0.1) is 0 Å². The lowest BCUT2D eigenvalue weighted by Gasteiger charge is -2.36. The summed E-state index contributed by atoms with van der Waals surface area (Å²) in [4.78, 5) is 31.1. The van der Waals surface area contributed by atoms with Crippen molar-refractivity contribution in [2.24, 2.45) is 0 Å². The largest absolute Gasteiger partial charge is 0.496 e. The van der Waals surface area contributed by atoms with Gasteiger partial charge in [0.25, 0.3) is 0 Å². The summed E-state index contributed by atoms with van der Waals surface area (Å²) in [5, 5.41) is 0. The summed E-state index contributed by atoms with van der Waals surface area (Å²) in [7, 11) is 1.70. The Bertz CT molecular complexity index is 978. The molecule has 0 radical (unpaired) electrons. The molecule has 2 aromatic rings. The molecule has 0 aliphatic heterocycles. The lowest BCUT2D eigenvalue weighted by atomic mass is 9.89. The fourth-order valence-corrected chi connectivity index (χ4v) is 4.75. The molecule has 7 nitrogen and oxygen atoms in total. The first kappa shape index (κ1) is 26.7. The second-order valence-electron chi connectivity index (χ2n) is 8.72. The SMILES string of the molecule is CCOC(=O)CCCCN(CCc1ccccc1OC)C1CCCc2nc(C(=O)OCC)ccc21. The van der Waals surface area contributed by atoms with E-state index in [4.69, 9.17) is 14.2 Å². The molecule has 0 amide bonds. The minimum Gasteiger partial charge on any atom is -0.496 e. The normalized spacial score (nSPS) is 14.9. The van der Waals surface area contributed by atoms with Crippen molar-refractivity contribution in [1.29, 1.82) is 0 Å². The highest BCUT2D eigenvalue weighted by Crippen LogP contribution is 2.34. The third-order valence-corrected chi connectivity index (χ3v) is 6.43. The van der Waals surface area contributed by atoms with Crippen LogP contribution in [-0.4, -0.2) is 55.2 Å². The van der Waals surface area contributed by atoms with E-state index in [0.29, 0.717) is 25.3 Å². The molecule has 0 saturated heterocycles. The number of carbonyl (C=O) groups is 2. The van der Waals surface area contributed by atoms with E-state index >= 15 is 0 Å². The van der Waals surface area contributed by atoms with Gasteiger partial charge in [0, 0.05) is 24.7 Å². The van der Waals surface area contributed by atoms with Crippen molar-refractivity contribution in [3.05, 3.63) is 58.9 Å². The van der Waals surface area contributed by atoms with E-state index in [9.17, 15) is 9.59 Å². The van der Waals surface area contributed by atoms with E-state index in [1.54, 1.807) is 20.1 Å². The van der Waals surface area contributed by atoms with Gasteiger partial charge in [-0.05, 0) is 82.2 Å². The standard InChI is InChI=1S/C28H38N2O5/c1-4-34-27(31)15-8-9-19-30(20-18-21-11-6-7-14-26(21)33-3)25-13-10-12-23-22(25)16-17-24(29-23)28(32)35-5-2/h6-7,11,14,16-17,25H,4-5,8-10,12-13,15,18-20H2,1-3H3. The number of aryl methyl sites for hydroxylation is 1. The number of hydrogen-bond donors (Lipinski definition) is 0. The Hall–Kier alpha value is -2.93. The van der Waals surface area contributed by atoms with Gasteiger partial charge in [0.1, 0.15) is 11.4 Å². The van der Waals surface area contributed by atoms with Crippen molar-refractivity contribution in [3.63, 3.8) is 0 Å². The van der Waals surface area contributed by atoms with Gasteiger partial charge >= 0.3 is 11.9 Å². The molecule has 1 heterocycles. The van der Waals surface area contributed by atoms with Crippen LogP contribution in [0.15, 0.2) is 36.4 Å². The van der Waals surface area contributed by atoms with E-state index in [0.717, 1.165) is 63.1 Å². The zero-order valence-corrected chi connectivity index (χ0v) is 21.3. The van der Waals surface area contributed by atoms with Crippen LogP contribution in [0.25, 0.3) is 0 Å². The van der Waals surface area contributed by atoms with Crippen molar-refractivity contribution < 1.29 is 23.8 Å². The maximum atomic E-state index is 12.2. The number of nitrogens with zero attached hydrogens (tertiary/aromatic N) is 2. The predicted molar refractivity (Wildman–Crippen MR) is 135 cm³/mol. The quantitative estimate of drug-likeness (QED) is 0.296. The molecular weight excluding hydrogens is 444 g/mol. The Balaban J connectivity index is 1.76. The van der Waals surface area contributed by atoms with Gasteiger partial charge in [-0.3, -0.25) is 9.69 Å². The molecule has 190 valence electrons. The van der Waals surface area contributed by atoms with Crippen LogP contribution >= 0.6 is 0 Å². The molecule has 7 heteroatoms. The second kappa shape index (κ2) is 13.8. The first-order valence-electron chi connectivity index (χ1n) is 12.8. The van der Waals surface area contributed by atoms with Gasteiger partial charge in [0.2, 0.25) is 0 Å². The molecule has 1 aliphatic carbocycles. The Morgan fingerprint density at radius 1 is 1.03 bits per heavy atom. The summed E-state index contributed by atoms with van der Waals surface area (Å²) in [6.07, 6.45) is 5.93. The first-order chi connectivity index (χ1) is 17.1. The van der Waals surface area contributed by atoms with Gasteiger partial charge in [0.05, 0.1) is 20.3 Å². The van der Waals surface area contributed by atoms with Crippen LogP contribution in [0.1, 0.15) is 79.3 Å². The molecule has 0 saturated carbocycles. The smallest absolute Gasteiger partial charge is 0.356 e. The number of rotatable bonds is 13. The van der Waals surface area contributed by atoms with Crippen molar-refractivity contribution in [3.8, 4) is 5.75 Å². The summed E-state index contributed by atoms with van der Waals surface area (Å²) < 4.78 is 15.8. The Morgan fingerprint density at radius 2 is 1.83 bits per heavy atom. The van der Waals surface area contributed by atoms with Crippen molar-refractivity contribution in [1.82, 2.24) is 9.88 Å². The summed E-state index contributed by atoms with van der Waals surface area (Å²) >= 11 is 0. The lowest BCUT2D eigenvalue weighted by Crippen LogP contribution is -2.34. The molecule has 35 heavy (non-hydrogen) atoms. The van der Waals surface area contributed by atoms with Crippen LogP contribution in [0.4, 0.5) is 0 Å². The van der Waals surface area contributed by atoms with Gasteiger partial charge in [-0.25, -0.2) is 9.78 Å². The number of methoxy groups -OCH3 is 1. The number of benzene rings is 1. The first-order valence-corrected chi connectivity index (χ1v) is 12.8. The van der Waals surface area contributed by atoms with Crippen LogP contribution in [0.5, 0.6) is 5.75 Å². The zero-order valence-electron chi connectivity index (χ0n) is 21.3. The number of ether oxygens (including phenoxy) is 3.